The van der Waals surface area contributed by atoms with Crippen molar-refractivity contribution in [2.45, 2.75) is 31.3 Å². The number of para-hydroxylation sites is 1. The van der Waals surface area contributed by atoms with Gasteiger partial charge in [-0.05, 0) is 52.2 Å². The third-order valence-corrected chi connectivity index (χ3v) is 7.09. The average molecular weight is 495 g/mol. The number of likely N-dealkylation sites (N-methyl/N-ethyl adjacent to an activating group) is 1. The second-order valence-corrected chi connectivity index (χ2v) is 10.1. The lowest BCUT2D eigenvalue weighted by Gasteiger charge is -2.38. The molecule has 2 aromatic rings. The summed E-state index contributed by atoms with van der Waals surface area (Å²) in [5.74, 6) is -0.0575. The smallest absolute Gasteiger partial charge is 0.325 e. The Labute approximate surface area is 212 Å². The molecule has 0 aliphatic carbocycles. The largest absolute Gasteiger partial charge is 0.496 e. The van der Waals surface area contributed by atoms with Crippen LogP contribution >= 0.6 is 0 Å². The van der Waals surface area contributed by atoms with Crippen molar-refractivity contribution in [2.24, 2.45) is 0 Å². The van der Waals surface area contributed by atoms with Gasteiger partial charge in [-0.25, -0.2) is 9.18 Å². The van der Waals surface area contributed by atoms with E-state index in [1.54, 1.807) is 35.1 Å². The Hall–Kier alpha value is -3.39. The van der Waals surface area contributed by atoms with Crippen molar-refractivity contribution < 1.29 is 18.7 Å². The molecule has 0 bridgehead atoms. The lowest BCUT2D eigenvalue weighted by molar-refractivity contribution is -0.125. The van der Waals surface area contributed by atoms with E-state index in [1.807, 2.05) is 68.1 Å². The molecule has 0 saturated carbocycles. The molecule has 2 heterocycles. The van der Waals surface area contributed by atoms with Crippen molar-refractivity contribution in [2.75, 3.05) is 52.3 Å². The molecule has 1 spiro atoms. The van der Waals surface area contributed by atoms with Crippen molar-refractivity contribution >= 4 is 17.6 Å². The molecule has 2 aliphatic heterocycles. The van der Waals surface area contributed by atoms with Gasteiger partial charge in [-0.2, -0.15) is 0 Å². The first-order valence-electron chi connectivity index (χ1n) is 12.3. The van der Waals surface area contributed by atoms with Crippen LogP contribution in [0.25, 0.3) is 0 Å². The third kappa shape index (κ3) is 4.69. The maximum absolute atomic E-state index is 14.4. The first-order valence-corrected chi connectivity index (χ1v) is 12.3. The normalized spacial score (nSPS) is 22.2. The molecule has 2 saturated heterocycles. The maximum Gasteiger partial charge on any atom is 0.325 e. The fourth-order valence-corrected chi connectivity index (χ4v) is 5.40. The lowest BCUT2D eigenvalue weighted by atomic mass is 9.80. The number of carbonyl (C=O) groups excluding carboxylic acids is 2. The monoisotopic (exact) mass is 494 g/mol. The number of hydrogen-bond acceptors (Lipinski definition) is 4. The zero-order valence-corrected chi connectivity index (χ0v) is 21.6. The van der Waals surface area contributed by atoms with Crippen LogP contribution in [0.4, 0.5) is 14.9 Å². The van der Waals surface area contributed by atoms with Gasteiger partial charge in [0.05, 0.1) is 12.6 Å². The van der Waals surface area contributed by atoms with Gasteiger partial charge >= 0.3 is 6.03 Å². The van der Waals surface area contributed by atoms with Gasteiger partial charge in [0.15, 0.2) is 0 Å². The van der Waals surface area contributed by atoms with E-state index < -0.39 is 11.4 Å². The van der Waals surface area contributed by atoms with Gasteiger partial charge in [0.1, 0.15) is 11.6 Å². The third-order valence-electron chi connectivity index (χ3n) is 7.09. The van der Waals surface area contributed by atoms with Gasteiger partial charge in [-0.3, -0.25) is 9.69 Å². The van der Waals surface area contributed by atoms with Crippen molar-refractivity contribution in [1.82, 2.24) is 14.7 Å². The molecule has 36 heavy (non-hydrogen) atoms. The van der Waals surface area contributed by atoms with E-state index in [9.17, 15) is 14.0 Å². The number of halogens is 1. The fourth-order valence-electron chi connectivity index (χ4n) is 5.40. The Kier molecular flexibility index (Phi) is 7.36. The molecule has 2 aromatic carbocycles. The Balaban J connectivity index is 1.85. The second-order valence-electron chi connectivity index (χ2n) is 10.1. The van der Waals surface area contributed by atoms with Crippen LogP contribution in [0.2, 0.25) is 0 Å². The average Bonchev–Trinajstić information content (AvgIpc) is 3.36. The molecule has 2 atom stereocenters. The predicted molar refractivity (Wildman–Crippen MR) is 139 cm³/mol. The second kappa shape index (κ2) is 10.3. The predicted octanol–water partition coefficient (Wildman–Crippen LogP) is 3.97. The van der Waals surface area contributed by atoms with Crippen LogP contribution in [0.15, 0.2) is 60.7 Å². The van der Waals surface area contributed by atoms with E-state index >= 15 is 0 Å². The number of ether oxygens (including phenoxy) is 1. The Bertz CT molecular complexity index is 1150. The van der Waals surface area contributed by atoms with E-state index in [0.717, 1.165) is 5.56 Å². The first kappa shape index (κ1) is 25.7. The first-order chi connectivity index (χ1) is 17.2. The number of nitrogens with zero attached hydrogens (tertiary/aromatic N) is 4. The van der Waals surface area contributed by atoms with Crippen LogP contribution in [-0.4, -0.2) is 85.6 Å². The highest BCUT2D eigenvalue weighted by Crippen LogP contribution is 2.49. The maximum atomic E-state index is 14.4. The summed E-state index contributed by atoms with van der Waals surface area (Å²) in [6, 6.07) is 13.6. The molecule has 0 N–H and O–H groups in total. The van der Waals surface area contributed by atoms with E-state index in [0.29, 0.717) is 37.6 Å². The molecule has 1 unspecified atom stereocenters. The van der Waals surface area contributed by atoms with Crippen LogP contribution < -0.4 is 9.64 Å². The number of amides is 3. The van der Waals surface area contributed by atoms with E-state index in [2.05, 4.69) is 0 Å². The van der Waals surface area contributed by atoms with E-state index in [1.165, 1.54) is 12.1 Å². The molecular formula is C28H35FN4O3. The molecule has 192 valence electrons. The highest BCUT2D eigenvalue weighted by molar-refractivity contribution is 5.98. The molecule has 0 aromatic heterocycles. The van der Waals surface area contributed by atoms with E-state index in [4.69, 9.17) is 4.74 Å². The van der Waals surface area contributed by atoms with Gasteiger partial charge in [-0.1, -0.05) is 30.3 Å². The van der Waals surface area contributed by atoms with Gasteiger partial charge in [-0.15, -0.1) is 0 Å². The fraction of sp³-hybridized carbons (Fsp3) is 0.429. The summed E-state index contributed by atoms with van der Waals surface area (Å²) in [4.78, 5) is 34.5. The van der Waals surface area contributed by atoms with Gasteiger partial charge < -0.3 is 19.4 Å². The van der Waals surface area contributed by atoms with Crippen molar-refractivity contribution in [3.8, 4) is 5.75 Å². The van der Waals surface area contributed by atoms with Crippen molar-refractivity contribution in [3.05, 3.63) is 72.1 Å². The summed E-state index contributed by atoms with van der Waals surface area (Å²) >= 11 is 0. The number of anilines is 1. The van der Waals surface area contributed by atoms with Crippen molar-refractivity contribution in [1.29, 1.82) is 0 Å². The minimum Gasteiger partial charge on any atom is -0.496 e. The SMILES string of the molecule is COc1ccccc1C1CN(C(=O)/C=C/CN(C)C)C[C@@]12CN(C(C)C)C(=O)N2c1cccc(F)c1. The topological polar surface area (TPSA) is 56.3 Å². The van der Waals surface area contributed by atoms with Crippen LogP contribution in [0.3, 0.4) is 0 Å². The summed E-state index contributed by atoms with van der Waals surface area (Å²) in [6.45, 7) is 5.74. The zero-order valence-electron chi connectivity index (χ0n) is 21.6. The highest BCUT2D eigenvalue weighted by atomic mass is 19.1. The summed E-state index contributed by atoms with van der Waals surface area (Å²) in [5.41, 5.74) is 0.613. The zero-order chi connectivity index (χ0) is 26.0. The Morgan fingerprint density at radius 3 is 2.61 bits per heavy atom. The Morgan fingerprint density at radius 1 is 1.19 bits per heavy atom. The highest BCUT2D eigenvalue weighted by Gasteiger charge is 2.60. The summed E-state index contributed by atoms with van der Waals surface area (Å²) in [7, 11) is 5.51. The molecular weight excluding hydrogens is 459 g/mol. The van der Waals surface area contributed by atoms with Gasteiger partial charge in [0.2, 0.25) is 5.91 Å². The number of rotatable bonds is 7. The summed E-state index contributed by atoms with van der Waals surface area (Å²) < 4.78 is 20.1. The van der Waals surface area contributed by atoms with Gasteiger partial charge in [0, 0.05) is 55.5 Å². The Morgan fingerprint density at radius 2 is 1.94 bits per heavy atom. The lowest BCUT2D eigenvalue weighted by Crippen LogP contribution is -2.53. The number of carbonyl (C=O) groups is 2. The van der Waals surface area contributed by atoms with Crippen LogP contribution in [-0.2, 0) is 4.79 Å². The summed E-state index contributed by atoms with van der Waals surface area (Å²) in [5, 5.41) is 0. The standard InChI is InChI=1S/C28H35FN4O3/c1-20(2)32-19-28(33(27(32)35)22-11-8-10-21(29)16-22)18-31(26(34)14-9-15-30(3)4)17-24(28)23-12-6-7-13-25(23)36-5/h6-14,16,20,24H,15,17-19H2,1-5H3/b14-9+/t24?,28-/m1/s1. The number of urea groups is 1. The number of methoxy groups -OCH3 is 1. The minimum absolute atomic E-state index is 0.0593. The number of benzene rings is 2. The molecule has 4 rings (SSSR count). The molecule has 7 nitrogen and oxygen atoms in total. The molecule has 2 aliphatic rings. The quantitative estimate of drug-likeness (QED) is 0.547. The minimum atomic E-state index is -0.797. The molecule has 8 heteroatoms. The van der Waals surface area contributed by atoms with E-state index in [-0.39, 0.29) is 23.9 Å². The van der Waals surface area contributed by atoms with Crippen LogP contribution in [0.1, 0.15) is 25.3 Å². The molecule has 3 amide bonds. The van der Waals surface area contributed by atoms with Gasteiger partial charge in [0.25, 0.3) is 0 Å². The summed E-state index contributed by atoms with van der Waals surface area (Å²) in [6.07, 6.45) is 3.44. The number of hydrogen-bond donors (Lipinski definition) is 0. The van der Waals surface area contributed by atoms with Crippen LogP contribution in [0, 0.1) is 5.82 Å². The number of likely N-dealkylation sites (tertiary alicyclic amines) is 1. The molecule has 0 radical (unpaired) electrons. The van der Waals surface area contributed by atoms with Crippen molar-refractivity contribution in [3.63, 3.8) is 0 Å². The van der Waals surface area contributed by atoms with Crippen LogP contribution in [0.5, 0.6) is 5.75 Å². The molecule has 2 fully saturated rings.